The van der Waals surface area contributed by atoms with Gasteiger partial charge in [-0.15, -0.1) is 0 Å². The number of carboxylic acids is 1. The van der Waals surface area contributed by atoms with Gasteiger partial charge in [0.2, 0.25) is 5.91 Å². The van der Waals surface area contributed by atoms with Crippen LogP contribution in [0.3, 0.4) is 0 Å². The molecule has 114 valence electrons. The zero-order valence-electron chi connectivity index (χ0n) is 11.7. The predicted octanol–water partition coefficient (Wildman–Crippen LogP) is 2.22. The van der Waals surface area contributed by atoms with Gasteiger partial charge in [0.25, 0.3) is 0 Å². The van der Waals surface area contributed by atoms with Gasteiger partial charge >= 0.3 is 5.97 Å². The summed E-state index contributed by atoms with van der Waals surface area (Å²) in [6.07, 6.45) is 0.850. The fourth-order valence-corrected chi connectivity index (χ4v) is 2.61. The maximum Gasteiger partial charge on any atom is 0.308 e. The summed E-state index contributed by atoms with van der Waals surface area (Å²) < 4.78 is 26.7. The van der Waals surface area contributed by atoms with Gasteiger partial charge in [0.1, 0.15) is 0 Å². The van der Waals surface area contributed by atoms with Gasteiger partial charge in [-0.2, -0.15) is 0 Å². The number of carbonyl (C=O) groups is 2. The van der Waals surface area contributed by atoms with E-state index in [2.05, 4.69) is 0 Å². The molecule has 1 aromatic rings. The first-order valence-electron chi connectivity index (χ1n) is 6.85. The lowest BCUT2D eigenvalue weighted by molar-refractivity contribution is -0.147. The van der Waals surface area contributed by atoms with Crippen molar-refractivity contribution in [2.24, 2.45) is 5.92 Å². The van der Waals surface area contributed by atoms with E-state index >= 15 is 0 Å². The number of hydrogen-bond donors (Lipinski definition) is 1. The molecule has 0 spiro atoms. The van der Waals surface area contributed by atoms with Gasteiger partial charge in [0, 0.05) is 18.2 Å². The molecule has 4 nitrogen and oxygen atoms in total. The highest BCUT2D eigenvalue weighted by Gasteiger charge is 2.32. The number of nitrogens with zero attached hydrogens (tertiary/aromatic N) is 1. The lowest BCUT2D eigenvalue weighted by Gasteiger charge is -2.36. The van der Waals surface area contributed by atoms with Gasteiger partial charge in [0.15, 0.2) is 11.6 Å². The quantitative estimate of drug-likeness (QED) is 0.930. The van der Waals surface area contributed by atoms with Gasteiger partial charge in [-0.05, 0) is 25.8 Å². The van der Waals surface area contributed by atoms with Crippen molar-refractivity contribution in [3.05, 3.63) is 35.4 Å². The molecule has 6 heteroatoms. The van der Waals surface area contributed by atoms with Crippen LogP contribution in [0.5, 0.6) is 0 Å². The summed E-state index contributed by atoms with van der Waals surface area (Å²) in [5.74, 6) is -3.92. The molecule has 1 heterocycles. The Kier molecular flexibility index (Phi) is 4.55. The van der Waals surface area contributed by atoms with Crippen LogP contribution in [0.15, 0.2) is 18.2 Å². The number of hydrogen-bond acceptors (Lipinski definition) is 2. The maximum atomic E-state index is 13.6. The first-order valence-corrected chi connectivity index (χ1v) is 6.85. The molecule has 0 saturated carbocycles. The number of aliphatic carboxylic acids is 1. The Balaban J connectivity index is 2.11. The van der Waals surface area contributed by atoms with Crippen molar-refractivity contribution in [2.75, 3.05) is 6.54 Å². The second kappa shape index (κ2) is 6.20. The van der Waals surface area contributed by atoms with Crippen LogP contribution in [0.25, 0.3) is 0 Å². The minimum absolute atomic E-state index is 0.00958. The second-order valence-corrected chi connectivity index (χ2v) is 5.40. The van der Waals surface area contributed by atoms with Crippen LogP contribution in [0.4, 0.5) is 8.78 Å². The molecule has 2 rings (SSSR count). The van der Waals surface area contributed by atoms with Crippen molar-refractivity contribution < 1.29 is 23.5 Å². The van der Waals surface area contributed by atoms with Gasteiger partial charge in [-0.25, -0.2) is 8.78 Å². The summed E-state index contributed by atoms with van der Waals surface area (Å²) in [5.41, 5.74) is -0.00958. The summed E-state index contributed by atoms with van der Waals surface area (Å²) >= 11 is 0. The van der Waals surface area contributed by atoms with E-state index < -0.39 is 23.5 Å². The van der Waals surface area contributed by atoms with Crippen molar-refractivity contribution in [1.29, 1.82) is 0 Å². The van der Waals surface area contributed by atoms with Crippen LogP contribution >= 0.6 is 0 Å². The van der Waals surface area contributed by atoms with Crippen molar-refractivity contribution in [3.63, 3.8) is 0 Å². The summed E-state index contributed by atoms with van der Waals surface area (Å²) in [6.45, 7) is 1.95. The average Bonchev–Trinajstić information content (AvgIpc) is 2.44. The van der Waals surface area contributed by atoms with Crippen LogP contribution in [0.2, 0.25) is 0 Å². The van der Waals surface area contributed by atoms with Crippen LogP contribution in [0, 0.1) is 17.6 Å². The summed E-state index contributed by atoms with van der Waals surface area (Å²) in [4.78, 5) is 24.7. The lowest BCUT2D eigenvalue weighted by Crippen LogP contribution is -2.48. The predicted molar refractivity (Wildman–Crippen MR) is 71.6 cm³/mol. The second-order valence-electron chi connectivity index (χ2n) is 5.40. The maximum absolute atomic E-state index is 13.6. The molecule has 1 N–H and O–H groups in total. The number of halogens is 2. The van der Waals surface area contributed by atoms with Crippen LogP contribution in [-0.2, 0) is 16.0 Å². The van der Waals surface area contributed by atoms with E-state index in [0.29, 0.717) is 12.8 Å². The van der Waals surface area contributed by atoms with Crippen molar-refractivity contribution in [2.45, 2.75) is 32.2 Å². The Morgan fingerprint density at radius 3 is 2.71 bits per heavy atom. The highest BCUT2D eigenvalue weighted by Crippen LogP contribution is 2.23. The minimum atomic E-state index is -1.02. The van der Waals surface area contributed by atoms with E-state index in [4.69, 9.17) is 5.11 Å². The average molecular weight is 297 g/mol. The molecule has 1 aliphatic rings. The monoisotopic (exact) mass is 297 g/mol. The van der Waals surface area contributed by atoms with Crippen molar-refractivity contribution >= 4 is 11.9 Å². The smallest absolute Gasteiger partial charge is 0.308 e. The third kappa shape index (κ3) is 3.37. The fourth-order valence-electron chi connectivity index (χ4n) is 2.61. The molecule has 2 unspecified atom stereocenters. The molecule has 1 aliphatic heterocycles. The molecule has 1 fully saturated rings. The van der Waals surface area contributed by atoms with E-state index in [1.807, 2.05) is 6.92 Å². The Bertz CT molecular complexity index is 562. The Labute approximate surface area is 121 Å². The lowest BCUT2D eigenvalue weighted by atomic mass is 9.93. The number of piperidine rings is 1. The first-order chi connectivity index (χ1) is 9.90. The molecule has 1 amide bonds. The molecular weight excluding hydrogens is 280 g/mol. The van der Waals surface area contributed by atoms with Crippen LogP contribution < -0.4 is 0 Å². The Hall–Kier alpha value is -1.98. The van der Waals surface area contributed by atoms with Crippen molar-refractivity contribution in [1.82, 2.24) is 4.90 Å². The zero-order valence-corrected chi connectivity index (χ0v) is 11.7. The summed E-state index contributed by atoms with van der Waals surface area (Å²) in [7, 11) is 0. The third-order valence-corrected chi connectivity index (χ3v) is 3.92. The fraction of sp³-hybridized carbons (Fsp3) is 0.467. The van der Waals surface area contributed by atoms with E-state index in [1.165, 1.54) is 17.0 Å². The van der Waals surface area contributed by atoms with Crippen LogP contribution in [0.1, 0.15) is 25.3 Å². The first kappa shape index (κ1) is 15.4. The number of likely N-dealkylation sites (tertiary alicyclic amines) is 1. The standard InChI is InChI=1S/C15H17F2NO3/c1-9-5-6-11(15(20)21)8-18(9)13(19)7-10-3-2-4-12(16)14(10)17/h2-4,9,11H,5-8H2,1H3,(H,20,21). The normalized spacial score (nSPS) is 22.1. The Morgan fingerprint density at radius 1 is 1.33 bits per heavy atom. The number of carbonyl (C=O) groups excluding carboxylic acids is 1. The van der Waals surface area contributed by atoms with E-state index in [9.17, 15) is 18.4 Å². The van der Waals surface area contributed by atoms with Gasteiger partial charge in [-0.3, -0.25) is 9.59 Å². The largest absolute Gasteiger partial charge is 0.481 e. The van der Waals surface area contributed by atoms with E-state index in [-0.39, 0.29) is 30.5 Å². The number of carboxylic acid groups (broad SMARTS) is 1. The molecule has 0 radical (unpaired) electrons. The van der Waals surface area contributed by atoms with Gasteiger partial charge in [-0.1, -0.05) is 12.1 Å². The molecule has 1 aromatic carbocycles. The Morgan fingerprint density at radius 2 is 2.05 bits per heavy atom. The van der Waals surface area contributed by atoms with Gasteiger partial charge in [0.05, 0.1) is 12.3 Å². The van der Waals surface area contributed by atoms with E-state index in [1.54, 1.807) is 0 Å². The molecule has 2 atom stereocenters. The van der Waals surface area contributed by atoms with E-state index in [0.717, 1.165) is 6.07 Å². The van der Waals surface area contributed by atoms with Crippen molar-refractivity contribution in [3.8, 4) is 0 Å². The third-order valence-electron chi connectivity index (χ3n) is 3.92. The minimum Gasteiger partial charge on any atom is -0.481 e. The zero-order chi connectivity index (χ0) is 15.6. The number of rotatable bonds is 3. The molecule has 0 aliphatic carbocycles. The van der Waals surface area contributed by atoms with Crippen LogP contribution in [-0.4, -0.2) is 34.5 Å². The molecule has 1 saturated heterocycles. The summed E-state index contributed by atoms with van der Waals surface area (Å²) in [5, 5.41) is 9.05. The SMILES string of the molecule is CC1CCC(C(=O)O)CN1C(=O)Cc1cccc(F)c1F. The molecular formula is C15H17F2NO3. The molecule has 0 bridgehead atoms. The highest BCUT2D eigenvalue weighted by atomic mass is 19.2. The molecule has 21 heavy (non-hydrogen) atoms. The number of amides is 1. The topological polar surface area (TPSA) is 57.6 Å². The highest BCUT2D eigenvalue weighted by molar-refractivity contribution is 5.80. The number of benzene rings is 1. The molecule has 0 aromatic heterocycles. The summed E-state index contributed by atoms with van der Waals surface area (Å²) in [6, 6.07) is 3.61. The van der Waals surface area contributed by atoms with Gasteiger partial charge < -0.3 is 10.0 Å².